The van der Waals surface area contributed by atoms with E-state index in [9.17, 15) is 4.79 Å². The van der Waals surface area contributed by atoms with Crippen LogP contribution >= 0.6 is 11.6 Å². The lowest BCUT2D eigenvalue weighted by Gasteiger charge is -2.35. The van der Waals surface area contributed by atoms with Gasteiger partial charge in [-0.05, 0) is 23.6 Å². The molecule has 0 saturated carbocycles. The van der Waals surface area contributed by atoms with Crippen LogP contribution in [0.5, 0.6) is 0 Å². The minimum Gasteiger partial charge on any atom is -0.383 e. The van der Waals surface area contributed by atoms with Gasteiger partial charge in [0, 0.05) is 70.9 Å². The largest absolute Gasteiger partial charge is 0.383 e. The van der Waals surface area contributed by atoms with Crippen LogP contribution in [0.25, 0.3) is 0 Å². The number of likely N-dealkylation sites (tertiary alicyclic amines) is 1. The summed E-state index contributed by atoms with van der Waals surface area (Å²) in [5.74, 6) is 0.741. The standard InChI is InChI=1S/C19H28ClN3O2/c1-25-10-9-23-15-17(12-19(23)24)14-22-7-5-21(6-8-22)13-16-3-2-4-18(20)11-16/h2-4,11,17H,5-10,12-15H2,1H3/t17-/m1/s1. The van der Waals surface area contributed by atoms with E-state index in [-0.39, 0.29) is 5.91 Å². The Morgan fingerprint density at radius 3 is 2.68 bits per heavy atom. The molecule has 1 atom stereocenters. The molecule has 0 unspecified atom stereocenters. The molecule has 0 aromatic heterocycles. The zero-order chi connectivity index (χ0) is 17.6. The van der Waals surface area contributed by atoms with Crippen LogP contribution in [-0.2, 0) is 16.1 Å². The number of hydrogen-bond acceptors (Lipinski definition) is 4. The van der Waals surface area contributed by atoms with Crippen LogP contribution in [0.3, 0.4) is 0 Å². The highest BCUT2D eigenvalue weighted by Gasteiger charge is 2.31. The third kappa shape index (κ3) is 5.42. The Bertz CT molecular complexity index is 576. The molecule has 0 radical (unpaired) electrons. The number of nitrogens with zero attached hydrogens (tertiary/aromatic N) is 3. The summed E-state index contributed by atoms with van der Waals surface area (Å²) in [4.78, 5) is 19.0. The molecule has 5 nitrogen and oxygen atoms in total. The van der Waals surface area contributed by atoms with Crippen LogP contribution in [0.2, 0.25) is 5.02 Å². The van der Waals surface area contributed by atoms with Gasteiger partial charge in [-0.3, -0.25) is 9.69 Å². The average molecular weight is 366 g/mol. The molecular formula is C19H28ClN3O2. The first kappa shape index (κ1) is 18.6. The number of rotatable bonds is 7. The van der Waals surface area contributed by atoms with Crippen molar-refractivity contribution < 1.29 is 9.53 Å². The van der Waals surface area contributed by atoms with Gasteiger partial charge < -0.3 is 14.5 Å². The quantitative estimate of drug-likeness (QED) is 0.740. The Labute approximate surface area is 155 Å². The zero-order valence-corrected chi connectivity index (χ0v) is 15.7. The number of methoxy groups -OCH3 is 1. The normalized spacial score (nSPS) is 22.7. The molecule has 2 aliphatic rings. The maximum absolute atomic E-state index is 12.0. The fourth-order valence-electron chi connectivity index (χ4n) is 3.78. The molecule has 1 aromatic carbocycles. The molecule has 138 valence electrons. The fraction of sp³-hybridized carbons (Fsp3) is 0.632. The van der Waals surface area contributed by atoms with Gasteiger partial charge in [0.25, 0.3) is 0 Å². The highest BCUT2D eigenvalue weighted by molar-refractivity contribution is 6.30. The van der Waals surface area contributed by atoms with Crippen LogP contribution in [0, 0.1) is 5.92 Å². The number of piperazine rings is 1. The minimum absolute atomic E-state index is 0.279. The van der Waals surface area contributed by atoms with Crippen LogP contribution in [-0.4, -0.2) is 80.1 Å². The molecule has 2 fully saturated rings. The van der Waals surface area contributed by atoms with Gasteiger partial charge in [0.1, 0.15) is 0 Å². The van der Waals surface area contributed by atoms with E-state index in [0.717, 1.165) is 57.4 Å². The maximum atomic E-state index is 12.0. The molecule has 0 spiro atoms. The van der Waals surface area contributed by atoms with E-state index in [1.165, 1.54) is 5.56 Å². The monoisotopic (exact) mass is 365 g/mol. The zero-order valence-electron chi connectivity index (χ0n) is 15.0. The fourth-order valence-corrected chi connectivity index (χ4v) is 4.00. The molecule has 1 amide bonds. The van der Waals surface area contributed by atoms with E-state index in [1.807, 2.05) is 23.1 Å². The van der Waals surface area contributed by atoms with Crippen LogP contribution < -0.4 is 0 Å². The topological polar surface area (TPSA) is 36.0 Å². The minimum atomic E-state index is 0.279. The van der Waals surface area contributed by atoms with Gasteiger partial charge in [0.2, 0.25) is 5.91 Å². The molecule has 2 heterocycles. The Morgan fingerprint density at radius 1 is 1.20 bits per heavy atom. The molecular weight excluding hydrogens is 338 g/mol. The van der Waals surface area contributed by atoms with E-state index < -0.39 is 0 Å². The van der Waals surface area contributed by atoms with Gasteiger partial charge in [-0.1, -0.05) is 23.7 Å². The summed E-state index contributed by atoms with van der Waals surface area (Å²) in [7, 11) is 1.68. The number of amides is 1. The van der Waals surface area contributed by atoms with Gasteiger partial charge in [-0.15, -0.1) is 0 Å². The molecule has 3 rings (SSSR count). The van der Waals surface area contributed by atoms with Crippen LogP contribution in [0.4, 0.5) is 0 Å². The summed E-state index contributed by atoms with van der Waals surface area (Å²) < 4.78 is 5.09. The molecule has 2 aliphatic heterocycles. The molecule has 25 heavy (non-hydrogen) atoms. The van der Waals surface area contributed by atoms with E-state index in [4.69, 9.17) is 16.3 Å². The van der Waals surface area contributed by atoms with Crippen LogP contribution in [0.15, 0.2) is 24.3 Å². The van der Waals surface area contributed by atoms with Gasteiger partial charge in [0.05, 0.1) is 6.61 Å². The van der Waals surface area contributed by atoms with E-state index >= 15 is 0 Å². The average Bonchev–Trinajstić information content (AvgIpc) is 2.94. The first-order valence-corrected chi connectivity index (χ1v) is 9.47. The van der Waals surface area contributed by atoms with Crippen molar-refractivity contribution in [2.24, 2.45) is 5.92 Å². The Hall–Kier alpha value is -1.14. The van der Waals surface area contributed by atoms with Crippen molar-refractivity contribution in [2.45, 2.75) is 13.0 Å². The number of benzene rings is 1. The van der Waals surface area contributed by atoms with Crippen molar-refractivity contribution in [1.82, 2.24) is 14.7 Å². The number of carbonyl (C=O) groups excluding carboxylic acids is 1. The first-order chi connectivity index (χ1) is 12.1. The van der Waals surface area contributed by atoms with E-state index in [2.05, 4.69) is 15.9 Å². The predicted molar refractivity (Wildman–Crippen MR) is 99.7 cm³/mol. The third-order valence-electron chi connectivity index (χ3n) is 5.14. The van der Waals surface area contributed by atoms with Crippen molar-refractivity contribution in [3.05, 3.63) is 34.9 Å². The van der Waals surface area contributed by atoms with Crippen molar-refractivity contribution in [2.75, 3.05) is 59.5 Å². The molecule has 1 aromatic rings. The first-order valence-electron chi connectivity index (χ1n) is 9.10. The van der Waals surface area contributed by atoms with Gasteiger partial charge in [-0.25, -0.2) is 0 Å². The smallest absolute Gasteiger partial charge is 0.223 e. The number of ether oxygens (including phenoxy) is 1. The summed E-state index contributed by atoms with van der Waals surface area (Å²) >= 11 is 6.07. The van der Waals surface area contributed by atoms with Crippen molar-refractivity contribution in [3.63, 3.8) is 0 Å². The highest BCUT2D eigenvalue weighted by Crippen LogP contribution is 2.20. The number of halogens is 1. The summed E-state index contributed by atoms with van der Waals surface area (Å²) in [5.41, 5.74) is 1.27. The summed E-state index contributed by atoms with van der Waals surface area (Å²) in [6, 6.07) is 8.12. The lowest BCUT2D eigenvalue weighted by atomic mass is 10.1. The Morgan fingerprint density at radius 2 is 1.96 bits per heavy atom. The molecule has 0 bridgehead atoms. The lowest BCUT2D eigenvalue weighted by Crippen LogP contribution is -2.47. The lowest BCUT2D eigenvalue weighted by molar-refractivity contribution is -0.128. The van der Waals surface area contributed by atoms with Gasteiger partial charge >= 0.3 is 0 Å². The van der Waals surface area contributed by atoms with Gasteiger partial charge in [0.15, 0.2) is 0 Å². The summed E-state index contributed by atoms with van der Waals surface area (Å²) in [5, 5.41) is 0.806. The van der Waals surface area contributed by atoms with Gasteiger partial charge in [-0.2, -0.15) is 0 Å². The predicted octanol–water partition coefficient (Wildman–Crippen LogP) is 1.95. The second kappa shape index (κ2) is 8.99. The third-order valence-corrected chi connectivity index (χ3v) is 5.37. The number of carbonyl (C=O) groups is 1. The maximum Gasteiger partial charge on any atom is 0.223 e. The second-order valence-corrected chi connectivity index (χ2v) is 7.55. The van der Waals surface area contributed by atoms with Crippen molar-refractivity contribution in [1.29, 1.82) is 0 Å². The number of hydrogen-bond donors (Lipinski definition) is 0. The van der Waals surface area contributed by atoms with E-state index in [1.54, 1.807) is 7.11 Å². The highest BCUT2D eigenvalue weighted by atomic mass is 35.5. The second-order valence-electron chi connectivity index (χ2n) is 7.11. The molecule has 0 aliphatic carbocycles. The van der Waals surface area contributed by atoms with E-state index in [0.29, 0.717) is 18.9 Å². The SMILES string of the molecule is COCCN1C[C@@H](CN2CCN(Cc3cccc(Cl)c3)CC2)CC1=O. The summed E-state index contributed by atoms with van der Waals surface area (Å²) in [6.45, 7) is 8.50. The Kier molecular flexibility index (Phi) is 6.70. The summed E-state index contributed by atoms with van der Waals surface area (Å²) in [6.07, 6.45) is 0.687. The molecule has 6 heteroatoms. The Balaban J connectivity index is 1.40. The van der Waals surface area contributed by atoms with Crippen molar-refractivity contribution >= 4 is 17.5 Å². The van der Waals surface area contributed by atoms with Crippen molar-refractivity contribution in [3.8, 4) is 0 Å². The molecule has 2 saturated heterocycles. The van der Waals surface area contributed by atoms with Crippen LogP contribution in [0.1, 0.15) is 12.0 Å². The molecule has 0 N–H and O–H groups in total.